The smallest absolute Gasteiger partial charge is 0.255 e. The summed E-state index contributed by atoms with van der Waals surface area (Å²) >= 11 is 15.9. The van der Waals surface area contributed by atoms with E-state index in [1.807, 2.05) is 0 Å². The van der Waals surface area contributed by atoms with Gasteiger partial charge in [0.1, 0.15) is 5.75 Å². The summed E-state index contributed by atoms with van der Waals surface area (Å²) in [6.07, 6.45) is 0. The van der Waals surface area contributed by atoms with E-state index in [4.69, 9.17) is 32.7 Å². The summed E-state index contributed by atoms with van der Waals surface area (Å²) in [5.41, 5.74) is 1.02. The van der Waals surface area contributed by atoms with Crippen molar-refractivity contribution in [2.45, 2.75) is 11.8 Å². The van der Waals surface area contributed by atoms with Crippen molar-refractivity contribution in [2.75, 3.05) is 39.9 Å². The van der Waals surface area contributed by atoms with Crippen LogP contribution in [0.1, 0.15) is 15.9 Å². The van der Waals surface area contributed by atoms with E-state index in [0.717, 1.165) is 4.47 Å². The van der Waals surface area contributed by atoms with Crippen LogP contribution in [0.5, 0.6) is 5.75 Å². The molecule has 0 saturated carbocycles. The molecule has 1 N–H and O–H groups in total. The van der Waals surface area contributed by atoms with Gasteiger partial charge in [0, 0.05) is 34.7 Å². The molecule has 2 fully saturated rings. The quantitative estimate of drug-likeness (QED) is 0.674. The summed E-state index contributed by atoms with van der Waals surface area (Å²) in [5, 5.41) is 12.0. The van der Waals surface area contributed by atoms with Crippen molar-refractivity contribution in [3.63, 3.8) is 0 Å². The third-order valence-electron chi connectivity index (χ3n) is 5.55. The Morgan fingerprint density at radius 3 is 2.83 bits per heavy atom. The molecular formula is C21H21BrCl2N2O4. The lowest BCUT2D eigenvalue weighted by Crippen LogP contribution is -2.63. The highest BCUT2D eigenvalue weighted by Gasteiger charge is 2.43. The molecule has 0 radical (unpaired) electrons. The molecule has 0 aromatic heterocycles. The standard InChI is InChI=1S/C21H21BrCl2N2O4/c1-29-18-4-2-3-17(19(18)24)20(27)25-5-6-26-12-21(28,30-11-16(26)10-25)13-7-14(22)9-15(23)8-13/h2-4,7-9,16,28H,5-6,10-12H2,1H3/t16-,21-/m0/s1. The first-order valence-corrected chi connectivity index (χ1v) is 11.0. The van der Waals surface area contributed by atoms with Crippen molar-refractivity contribution >= 4 is 45.0 Å². The summed E-state index contributed by atoms with van der Waals surface area (Å²) in [5.74, 6) is -1.12. The highest BCUT2D eigenvalue weighted by molar-refractivity contribution is 9.10. The second-order valence-corrected chi connectivity index (χ2v) is 9.18. The predicted octanol–water partition coefficient (Wildman–Crippen LogP) is 3.77. The second-order valence-electron chi connectivity index (χ2n) is 7.45. The summed E-state index contributed by atoms with van der Waals surface area (Å²) in [6, 6.07) is 10.4. The van der Waals surface area contributed by atoms with Gasteiger partial charge in [0.05, 0.1) is 36.9 Å². The zero-order valence-corrected chi connectivity index (χ0v) is 19.4. The van der Waals surface area contributed by atoms with Gasteiger partial charge in [-0.1, -0.05) is 45.2 Å². The third kappa shape index (κ3) is 4.20. The molecule has 2 heterocycles. The van der Waals surface area contributed by atoms with E-state index in [1.54, 1.807) is 41.3 Å². The van der Waals surface area contributed by atoms with Gasteiger partial charge < -0.3 is 19.5 Å². The Labute approximate surface area is 193 Å². The minimum atomic E-state index is -1.45. The molecule has 9 heteroatoms. The van der Waals surface area contributed by atoms with Crippen LogP contribution in [0.3, 0.4) is 0 Å². The molecular weight excluding hydrogens is 495 g/mol. The number of nitrogens with zero attached hydrogens (tertiary/aromatic N) is 2. The number of carbonyl (C=O) groups is 1. The van der Waals surface area contributed by atoms with Gasteiger partial charge in [-0.15, -0.1) is 0 Å². The molecule has 2 aromatic carbocycles. The van der Waals surface area contributed by atoms with Gasteiger partial charge in [-0.2, -0.15) is 0 Å². The third-order valence-corrected chi connectivity index (χ3v) is 6.62. The number of aliphatic hydroxyl groups is 1. The summed E-state index contributed by atoms with van der Waals surface area (Å²) in [6.45, 7) is 2.22. The predicted molar refractivity (Wildman–Crippen MR) is 118 cm³/mol. The number of hydrogen-bond donors (Lipinski definition) is 1. The number of carbonyl (C=O) groups excluding carboxylic acids is 1. The fraction of sp³-hybridized carbons (Fsp3) is 0.381. The molecule has 4 rings (SSSR count). The first-order chi connectivity index (χ1) is 14.3. The van der Waals surface area contributed by atoms with Crippen LogP contribution in [0.15, 0.2) is 40.9 Å². The van der Waals surface area contributed by atoms with Crippen LogP contribution in [0.4, 0.5) is 0 Å². The van der Waals surface area contributed by atoms with Gasteiger partial charge in [0.25, 0.3) is 5.91 Å². The van der Waals surface area contributed by atoms with E-state index in [0.29, 0.717) is 53.1 Å². The average molecular weight is 516 g/mol. The summed E-state index contributed by atoms with van der Waals surface area (Å²) in [7, 11) is 1.52. The van der Waals surface area contributed by atoms with Crippen LogP contribution >= 0.6 is 39.1 Å². The molecule has 2 saturated heterocycles. The Balaban J connectivity index is 1.48. The highest BCUT2D eigenvalue weighted by atomic mass is 79.9. The Kier molecular flexibility index (Phi) is 6.30. The van der Waals surface area contributed by atoms with E-state index >= 15 is 0 Å². The fourth-order valence-corrected chi connectivity index (χ4v) is 5.10. The molecule has 0 unspecified atom stereocenters. The van der Waals surface area contributed by atoms with Gasteiger partial charge in [-0.25, -0.2) is 0 Å². The van der Waals surface area contributed by atoms with E-state index < -0.39 is 5.79 Å². The highest BCUT2D eigenvalue weighted by Crippen LogP contribution is 2.35. The Morgan fingerprint density at radius 1 is 1.30 bits per heavy atom. The minimum Gasteiger partial charge on any atom is -0.495 e. The fourth-order valence-electron chi connectivity index (χ4n) is 3.96. The number of fused-ring (bicyclic) bond motifs is 1. The molecule has 0 spiro atoms. The maximum atomic E-state index is 13.0. The zero-order chi connectivity index (χ0) is 21.5. The number of halogens is 3. The van der Waals surface area contributed by atoms with E-state index in [2.05, 4.69) is 20.8 Å². The maximum absolute atomic E-state index is 13.0. The number of piperazine rings is 1. The number of benzene rings is 2. The van der Waals surface area contributed by atoms with Crippen molar-refractivity contribution in [3.8, 4) is 5.75 Å². The summed E-state index contributed by atoms with van der Waals surface area (Å²) in [4.78, 5) is 17.0. The van der Waals surface area contributed by atoms with Crippen LogP contribution in [-0.2, 0) is 10.5 Å². The topological polar surface area (TPSA) is 62.2 Å². The van der Waals surface area contributed by atoms with Crippen molar-refractivity contribution in [1.82, 2.24) is 9.80 Å². The van der Waals surface area contributed by atoms with Crippen LogP contribution < -0.4 is 4.74 Å². The Morgan fingerprint density at radius 2 is 2.10 bits per heavy atom. The van der Waals surface area contributed by atoms with Crippen LogP contribution in [0.2, 0.25) is 10.0 Å². The minimum absolute atomic E-state index is 0.0185. The molecule has 6 nitrogen and oxygen atoms in total. The molecule has 2 atom stereocenters. The van der Waals surface area contributed by atoms with Gasteiger partial charge in [-0.3, -0.25) is 9.69 Å². The molecule has 2 aliphatic heterocycles. The molecule has 160 valence electrons. The first-order valence-electron chi connectivity index (χ1n) is 9.49. The molecule has 0 aliphatic carbocycles. The lowest BCUT2D eigenvalue weighted by atomic mass is 10.0. The SMILES string of the molecule is COc1cccc(C(=O)N2CCN3C[C@@](O)(c4cc(Cl)cc(Br)c4)OC[C@@H]3C2)c1Cl. The number of ether oxygens (including phenoxy) is 2. The number of methoxy groups -OCH3 is 1. The summed E-state index contributed by atoms with van der Waals surface area (Å²) < 4.78 is 11.9. The number of amides is 1. The number of morpholine rings is 1. The molecule has 2 aromatic rings. The van der Waals surface area contributed by atoms with Crippen LogP contribution in [0.25, 0.3) is 0 Å². The van der Waals surface area contributed by atoms with Gasteiger partial charge in [0.15, 0.2) is 0 Å². The van der Waals surface area contributed by atoms with Crippen molar-refractivity contribution in [1.29, 1.82) is 0 Å². The lowest BCUT2D eigenvalue weighted by Gasteiger charge is -2.49. The molecule has 1 amide bonds. The Bertz CT molecular complexity index is 956. The monoisotopic (exact) mass is 514 g/mol. The van der Waals surface area contributed by atoms with Crippen LogP contribution in [0, 0.1) is 0 Å². The van der Waals surface area contributed by atoms with Gasteiger partial charge in [-0.05, 0) is 30.3 Å². The van der Waals surface area contributed by atoms with E-state index in [9.17, 15) is 9.90 Å². The Hall–Kier alpha value is -1.35. The van der Waals surface area contributed by atoms with Crippen molar-refractivity contribution in [3.05, 3.63) is 62.0 Å². The second kappa shape index (κ2) is 8.65. The number of hydrogen-bond acceptors (Lipinski definition) is 5. The first kappa shape index (κ1) is 21.9. The zero-order valence-electron chi connectivity index (χ0n) is 16.3. The van der Waals surface area contributed by atoms with Crippen molar-refractivity contribution in [2.24, 2.45) is 0 Å². The van der Waals surface area contributed by atoms with E-state index in [-0.39, 0.29) is 18.6 Å². The number of rotatable bonds is 3. The molecule has 30 heavy (non-hydrogen) atoms. The molecule has 0 bridgehead atoms. The lowest BCUT2D eigenvalue weighted by molar-refractivity contribution is -0.265. The molecule has 2 aliphatic rings. The largest absolute Gasteiger partial charge is 0.495 e. The maximum Gasteiger partial charge on any atom is 0.255 e. The normalized spacial score (nSPS) is 24.4. The van der Waals surface area contributed by atoms with Gasteiger partial charge in [0.2, 0.25) is 5.79 Å². The van der Waals surface area contributed by atoms with E-state index in [1.165, 1.54) is 7.11 Å². The average Bonchev–Trinajstić information content (AvgIpc) is 2.72. The van der Waals surface area contributed by atoms with Gasteiger partial charge >= 0.3 is 0 Å². The van der Waals surface area contributed by atoms with Crippen LogP contribution in [-0.4, -0.2) is 66.8 Å². The van der Waals surface area contributed by atoms with Crippen molar-refractivity contribution < 1.29 is 19.4 Å².